The lowest BCUT2D eigenvalue weighted by Crippen LogP contribution is -2.28. The van der Waals surface area contributed by atoms with Crippen molar-refractivity contribution in [2.45, 2.75) is 32.6 Å². The number of amides is 2. The van der Waals surface area contributed by atoms with Gasteiger partial charge in [0.05, 0.1) is 12.5 Å². The Bertz CT molecular complexity index is 759. The normalized spacial score (nSPS) is 16.4. The highest BCUT2D eigenvalue weighted by Gasteiger charge is 2.35. The maximum absolute atomic E-state index is 12.5. The fraction of sp³-hybridized carbons (Fsp3) is 0.364. The van der Waals surface area contributed by atoms with Gasteiger partial charge in [-0.15, -0.1) is 0 Å². The molecular weight excluding hydrogens is 340 g/mol. The van der Waals surface area contributed by atoms with Crippen LogP contribution in [-0.2, 0) is 9.59 Å². The van der Waals surface area contributed by atoms with E-state index in [0.29, 0.717) is 18.8 Å². The van der Waals surface area contributed by atoms with Crippen molar-refractivity contribution >= 4 is 23.2 Å². The number of ether oxygens (including phenoxy) is 1. The molecule has 142 valence electrons. The number of nitrogens with one attached hydrogen (secondary N) is 1. The molecule has 5 heteroatoms. The molecule has 1 atom stereocenters. The Labute approximate surface area is 160 Å². The summed E-state index contributed by atoms with van der Waals surface area (Å²) in [6, 6.07) is 16.8. The van der Waals surface area contributed by atoms with Crippen LogP contribution in [0.5, 0.6) is 5.75 Å². The molecule has 3 rings (SSSR count). The molecule has 27 heavy (non-hydrogen) atoms. The molecule has 0 saturated carbocycles. The van der Waals surface area contributed by atoms with Gasteiger partial charge >= 0.3 is 0 Å². The van der Waals surface area contributed by atoms with E-state index >= 15 is 0 Å². The van der Waals surface area contributed by atoms with Gasteiger partial charge in [-0.2, -0.15) is 0 Å². The Balaban J connectivity index is 1.52. The summed E-state index contributed by atoms with van der Waals surface area (Å²) in [6.07, 6.45) is 3.61. The first-order valence-corrected chi connectivity index (χ1v) is 9.56. The summed E-state index contributed by atoms with van der Waals surface area (Å²) in [7, 11) is 0. The van der Waals surface area contributed by atoms with Crippen molar-refractivity contribution < 1.29 is 14.3 Å². The third kappa shape index (κ3) is 5.09. The molecule has 1 aliphatic rings. The number of anilines is 2. The van der Waals surface area contributed by atoms with Crippen LogP contribution >= 0.6 is 0 Å². The molecule has 1 aliphatic heterocycles. The van der Waals surface area contributed by atoms with Gasteiger partial charge in [0.25, 0.3) is 0 Å². The Morgan fingerprint density at radius 1 is 1.11 bits per heavy atom. The Hall–Kier alpha value is -2.82. The minimum atomic E-state index is -0.345. The third-order valence-electron chi connectivity index (χ3n) is 4.70. The molecule has 5 nitrogen and oxygen atoms in total. The number of hydrogen-bond acceptors (Lipinski definition) is 3. The predicted octanol–water partition coefficient (Wildman–Crippen LogP) is 4.25. The van der Waals surface area contributed by atoms with Gasteiger partial charge in [-0.25, -0.2) is 0 Å². The molecule has 0 bridgehead atoms. The fourth-order valence-corrected chi connectivity index (χ4v) is 3.16. The molecule has 0 aliphatic carbocycles. The second kappa shape index (κ2) is 9.21. The van der Waals surface area contributed by atoms with E-state index in [1.165, 1.54) is 6.42 Å². The molecule has 1 fully saturated rings. The van der Waals surface area contributed by atoms with E-state index in [0.717, 1.165) is 24.3 Å². The number of carbonyl (C=O) groups is 2. The van der Waals surface area contributed by atoms with E-state index in [9.17, 15) is 9.59 Å². The Morgan fingerprint density at radius 3 is 2.56 bits per heavy atom. The average molecular weight is 366 g/mol. The van der Waals surface area contributed by atoms with Crippen LogP contribution in [0.2, 0.25) is 0 Å². The van der Waals surface area contributed by atoms with Crippen molar-refractivity contribution in [3.8, 4) is 5.75 Å². The maximum atomic E-state index is 12.5. The zero-order valence-corrected chi connectivity index (χ0v) is 15.7. The summed E-state index contributed by atoms with van der Waals surface area (Å²) in [5, 5.41) is 2.91. The van der Waals surface area contributed by atoms with Gasteiger partial charge in [-0.3, -0.25) is 9.59 Å². The quantitative estimate of drug-likeness (QED) is 0.711. The highest BCUT2D eigenvalue weighted by Crippen LogP contribution is 2.26. The minimum absolute atomic E-state index is 0.0165. The van der Waals surface area contributed by atoms with Gasteiger partial charge in [-0.1, -0.05) is 38.0 Å². The first-order valence-electron chi connectivity index (χ1n) is 9.56. The topological polar surface area (TPSA) is 58.6 Å². The zero-order chi connectivity index (χ0) is 19.1. The first-order chi connectivity index (χ1) is 13.2. The van der Waals surface area contributed by atoms with Crippen molar-refractivity contribution in [1.82, 2.24) is 0 Å². The number of para-hydroxylation sites is 1. The van der Waals surface area contributed by atoms with E-state index in [1.54, 1.807) is 4.90 Å². The molecule has 2 amide bonds. The van der Waals surface area contributed by atoms with Gasteiger partial charge in [0.1, 0.15) is 5.75 Å². The van der Waals surface area contributed by atoms with E-state index in [4.69, 9.17) is 4.74 Å². The Kier molecular flexibility index (Phi) is 6.47. The molecule has 2 aromatic rings. The lowest BCUT2D eigenvalue weighted by atomic mass is 10.1. The largest absolute Gasteiger partial charge is 0.494 e. The fourth-order valence-electron chi connectivity index (χ4n) is 3.16. The Morgan fingerprint density at radius 2 is 1.85 bits per heavy atom. The van der Waals surface area contributed by atoms with Crippen LogP contribution in [-0.4, -0.2) is 25.0 Å². The van der Waals surface area contributed by atoms with E-state index in [1.807, 2.05) is 54.6 Å². The highest BCUT2D eigenvalue weighted by molar-refractivity contribution is 6.03. The summed E-state index contributed by atoms with van der Waals surface area (Å²) in [5.41, 5.74) is 1.55. The number of nitrogens with zero attached hydrogens (tertiary/aromatic N) is 1. The van der Waals surface area contributed by atoms with E-state index < -0.39 is 0 Å². The van der Waals surface area contributed by atoms with Crippen molar-refractivity contribution in [1.29, 1.82) is 0 Å². The number of unbranched alkanes of at least 4 members (excludes halogenated alkanes) is 2. The van der Waals surface area contributed by atoms with Crippen molar-refractivity contribution in [2.24, 2.45) is 5.92 Å². The standard InChI is InChI=1S/C22H26N2O3/c1-2-3-7-14-27-20-12-10-18(11-13-20)23-22(26)17-15-21(25)24(16-17)19-8-5-4-6-9-19/h4-6,8-13,17H,2-3,7,14-16H2,1H3,(H,23,26)/t17-/m0/s1. The van der Waals surface area contributed by atoms with Crippen molar-refractivity contribution in [3.05, 3.63) is 54.6 Å². The molecular formula is C22H26N2O3. The molecule has 1 saturated heterocycles. The van der Waals surface area contributed by atoms with Crippen LogP contribution in [0.3, 0.4) is 0 Å². The molecule has 0 unspecified atom stereocenters. The van der Waals surface area contributed by atoms with E-state index in [2.05, 4.69) is 12.2 Å². The van der Waals surface area contributed by atoms with Gasteiger partial charge in [0.2, 0.25) is 11.8 Å². The van der Waals surface area contributed by atoms with Crippen LogP contribution in [0.4, 0.5) is 11.4 Å². The third-order valence-corrected chi connectivity index (χ3v) is 4.70. The summed E-state index contributed by atoms with van der Waals surface area (Å²) in [4.78, 5) is 26.5. The molecule has 0 aromatic heterocycles. The zero-order valence-electron chi connectivity index (χ0n) is 15.7. The first kappa shape index (κ1) is 19.0. The van der Waals surface area contributed by atoms with E-state index in [-0.39, 0.29) is 24.2 Å². The maximum Gasteiger partial charge on any atom is 0.229 e. The number of rotatable bonds is 8. The van der Waals surface area contributed by atoms with Gasteiger partial charge in [0, 0.05) is 24.3 Å². The minimum Gasteiger partial charge on any atom is -0.494 e. The number of carbonyl (C=O) groups excluding carboxylic acids is 2. The average Bonchev–Trinajstić information content (AvgIpc) is 3.09. The van der Waals surface area contributed by atoms with Crippen molar-refractivity contribution in [3.63, 3.8) is 0 Å². The smallest absolute Gasteiger partial charge is 0.229 e. The van der Waals surface area contributed by atoms with Gasteiger partial charge < -0.3 is 15.0 Å². The highest BCUT2D eigenvalue weighted by atomic mass is 16.5. The molecule has 2 aromatic carbocycles. The lowest BCUT2D eigenvalue weighted by Gasteiger charge is -2.16. The van der Waals surface area contributed by atoms with Crippen LogP contribution < -0.4 is 15.0 Å². The summed E-state index contributed by atoms with van der Waals surface area (Å²) in [5.74, 6) is 0.314. The second-order valence-electron chi connectivity index (χ2n) is 6.81. The molecule has 1 heterocycles. The van der Waals surface area contributed by atoms with Gasteiger partial charge in [0.15, 0.2) is 0 Å². The number of benzene rings is 2. The number of hydrogen-bond donors (Lipinski definition) is 1. The lowest BCUT2D eigenvalue weighted by molar-refractivity contribution is -0.122. The van der Waals surface area contributed by atoms with Crippen molar-refractivity contribution in [2.75, 3.05) is 23.4 Å². The molecule has 1 N–H and O–H groups in total. The van der Waals surface area contributed by atoms with Crippen LogP contribution in [0.15, 0.2) is 54.6 Å². The summed E-state index contributed by atoms with van der Waals surface area (Å²) < 4.78 is 5.68. The van der Waals surface area contributed by atoms with Crippen LogP contribution in [0.1, 0.15) is 32.6 Å². The summed E-state index contributed by atoms with van der Waals surface area (Å²) in [6.45, 7) is 3.28. The SMILES string of the molecule is CCCCCOc1ccc(NC(=O)[C@H]2CC(=O)N(c3ccccc3)C2)cc1. The molecule has 0 radical (unpaired) electrons. The van der Waals surface area contributed by atoms with Gasteiger partial charge in [-0.05, 0) is 42.8 Å². The second-order valence-corrected chi connectivity index (χ2v) is 6.81. The molecule has 0 spiro atoms. The van der Waals surface area contributed by atoms with Crippen LogP contribution in [0.25, 0.3) is 0 Å². The van der Waals surface area contributed by atoms with Crippen LogP contribution in [0, 0.1) is 5.92 Å². The summed E-state index contributed by atoms with van der Waals surface area (Å²) >= 11 is 0. The predicted molar refractivity (Wildman–Crippen MR) is 107 cm³/mol. The monoisotopic (exact) mass is 366 g/mol.